The van der Waals surface area contributed by atoms with Crippen molar-refractivity contribution in [1.82, 2.24) is 20.2 Å². The van der Waals surface area contributed by atoms with Crippen molar-refractivity contribution in [3.63, 3.8) is 0 Å². The summed E-state index contributed by atoms with van der Waals surface area (Å²) in [6.07, 6.45) is 3.87. The highest BCUT2D eigenvalue weighted by molar-refractivity contribution is 7.19. The number of halogens is 1. The first kappa shape index (κ1) is 15.6. The third-order valence-electron chi connectivity index (χ3n) is 3.81. The van der Waals surface area contributed by atoms with Crippen molar-refractivity contribution in [2.75, 3.05) is 0 Å². The summed E-state index contributed by atoms with van der Waals surface area (Å²) >= 11 is 1.48. The lowest BCUT2D eigenvalue weighted by Gasteiger charge is -2.11. The van der Waals surface area contributed by atoms with E-state index >= 15 is 0 Å². The number of nitrogens with one attached hydrogen (secondary N) is 1. The van der Waals surface area contributed by atoms with Crippen molar-refractivity contribution >= 4 is 11.3 Å². The van der Waals surface area contributed by atoms with Crippen LogP contribution < -0.4 is 0 Å². The van der Waals surface area contributed by atoms with Crippen LogP contribution in [-0.2, 0) is 0 Å². The van der Waals surface area contributed by atoms with E-state index in [1.54, 1.807) is 24.5 Å². The predicted octanol–water partition coefficient (Wildman–Crippen LogP) is 3.82. The van der Waals surface area contributed by atoms with Crippen LogP contribution in [0, 0.1) is 5.82 Å². The van der Waals surface area contributed by atoms with E-state index in [2.05, 4.69) is 20.2 Å². The largest absolute Gasteiger partial charge is 0.384 e. The molecule has 0 aliphatic rings. The van der Waals surface area contributed by atoms with Crippen molar-refractivity contribution in [3.05, 3.63) is 78.1 Å². The number of nitrogens with zero attached hydrogens (tertiary/aromatic N) is 3. The van der Waals surface area contributed by atoms with Gasteiger partial charge < -0.3 is 5.11 Å². The number of hydrogen-bond donors (Lipinski definition) is 2. The minimum absolute atomic E-state index is 0.387. The van der Waals surface area contributed by atoms with Gasteiger partial charge in [-0.25, -0.2) is 9.37 Å². The van der Waals surface area contributed by atoms with Crippen molar-refractivity contribution < 1.29 is 9.50 Å². The second kappa shape index (κ2) is 6.54. The number of aromatic nitrogens is 4. The van der Waals surface area contributed by atoms with Gasteiger partial charge in [-0.3, -0.25) is 10.1 Å². The highest BCUT2D eigenvalue weighted by Gasteiger charge is 2.22. The van der Waals surface area contributed by atoms with Crippen LogP contribution in [0.4, 0.5) is 4.39 Å². The quantitative estimate of drug-likeness (QED) is 0.586. The van der Waals surface area contributed by atoms with E-state index in [1.165, 1.54) is 29.8 Å². The number of aliphatic hydroxyl groups excluding tert-OH is 1. The molecule has 0 aliphatic carbocycles. The summed E-state index contributed by atoms with van der Waals surface area (Å²) in [4.78, 5) is 9.94. The molecule has 1 unspecified atom stereocenters. The first-order chi connectivity index (χ1) is 12.2. The fourth-order valence-electron chi connectivity index (χ4n) is 2.62. The van der Waals surface area contributed by atoms with Gasteiger partial charge in [-0.1, -0.05) is 12.1 Å². The number of aliphatic hydroxyl groups is 1. The van der Waals surface area contributed by atoms with Gasteiger partial charge in [0.1, 0.15) is 18.2 Å². The topological polar surface area (TPSA) is 74.7 Å². The lowest BCUT2D eigenvalue weighted by Crippen LogP contribution is -2.00. The van der Waals surface area contributed by atoms with Gasteiger partial charge in [-0.05, 0) is 41.5 Å². The average Bonchev–Trinajstić information content (AvgIpc) is 3.31. The minimum Gasteiger partial charge on any atom is -0.384 e. The number of hydrogen-bond acceptors (Lipinski definition) is 5. The van der Waals surface area contributed by atoms with Gasteiger partial charge in [0.15, 0.2) is 5.82 Å². The Bertz CT molecular complexity index is 986. The van der Waals surface area contributed by atoms with E-state index in [0.29, 0.717) is 17.0 Å². The van der Waals surface area contributed by atoms with E-state index in [9.17, 15) is 9.50 Å². The Balaban J connectivity index is 1.84. The molecule has 0 amide bonds. The van der Waals surface area contributed by atoms with Crippen LogP contribution in [0.15, 0.2) is 61.2 Å². The third-order valence-corrected chi connectivity index (χ3v) is 5.02. The van der Waals surface area contributed by atoms with Crippen LogP contribution in [0.3, 0.4) is 0 Å². The molecular formula is C18H13FN4OS. The molecule has 0 bridgehead atoms. The van der Waals surface area contributed by atoms with E-state index in [1.807, 2.05) is 18.2 Å². The lowest BCUT2D eigenvalue weighted by atomic mass is 10.0. The normalized spacial score (nSPS) is 12.2. The summed E-state index contributed by atoms with van der Waals surface area (Å²) in [6.45, 7) is 0. The van der Waals surface area contributed by atoms with Crippen molar-refractivity contribution in [1.29, 1.82) is 0 Å². The Hall–Kier alpha value is -2.90. The number of H-pyrrole nitrogens is 1. The van der Waals surface area contributed by atoms with Crippen molar-refractivity contribution in [3.8, 4) is 21.1 Å². The van der Waals surface area contributed by atoms with Gasteiger partial charge in [0.05, 0.1) is 4.88 Å². The molecule has 4 rings (SSSR count). The standard InChI is InChI=1S/C18H13FN4OS/c19-13-3-1-2-12(8-13)16(24)14-9-15(11-4-6-20-7-5-11)25-17(14)18-21-10-22-23-18/h1-10,16,24H,(H,21,22,23). The van der Waals surface area contributed by atoms with Crippen molar-refractivity contribution in [2.24, 2.45) is 0 Å². The molecule has 5 nitrogen and oxygen atoms in total. The first-order valence-corrected chi connectivity index (χ1v) is 8.37. The molecule has 25 heavy (non-hydrogen) atoms. The van der Waals surface area contributed by atoms with Gasteiger partial charge in [-0.15, -0.1) is 11.3 Å². The molecule has 1 aromatic carbocycles. The molecule has 0 radical (unpaired) electrons. The SMILES string of the molecule is OC(c1cccc(F)c1)c1cc(-c2ccncc2)sc1-c1ncn[nH]1. The fourth-order valence-corrected chi connectivity index (χ4v) is 3.77. The van der Waals surface area contributed by atoms with Crippen LogP contribution in [0.1, 0.15) is 17.2 Å². The van der Waals surface area contributed by atoms with E-state index in [0.717, 1.165) is 15.3 Å². The van der Waals surface area contributed by atoms with Crippen LogP contribution in [0.5, 0.6) is 0 Å². The maximum atomic E-state index is 13.5. The fraction of sp³-hybridized carbons (Fsp3) is 0.0556. The molecule has 0 saturated carbocycles. The average molecular weight is 352 g/mol. The molecule has 3 aromatic heterocycles. The zero-order valence-electron chi connectivity index (χ0n) is 12.9. The smallest absolute Gasteiger partial charge is 0.165 e. The molecule has 2 N–H and O–H groups in total. The number of aromatic amines is 1. The maximum absolute atomic E-state index is 13.5. The molecule has 124 valence electrons. The van der Waals surface area contributed by atoms with Crippen LogP contribution >= 0.6 is 11.3 Å². The predicted molar refractivity (Wildman–Crippen MR) is 93.4 cm³/mol. The number of pyridine rings is 1. The molecule has 0 aliphatic heterocycles. The second-order valence-corrected chi connectivity index (χ2v) is 6.47. The Morgan fingerprint density at radius 2 is 1.96 bits per heavy atom. The third kappa shape index (κ3) is 3.07. The molecule has 4 aromatic rings. The molecule has 0 spiro atoms. The molecular weight excluding hydrogens is 339 g/mol. The Kier molecular flexibility index (Phi) is 4.09. The van der Waals surface area contributed by atoms with E-state index < -0.39 is 6.10 Å². The molecule has 0 fully saturated rings. The minimum atomic E-state index is -0.970. The highest BCUT2D eigenvalue weighted by Crippen LogP contribution is 2.41. The first-order valence-electron chi connectivity index (χ1n) is 7.56. The monoisotopic (exact) mass is 352 g/mol. The molecule has 1 atom stereocenters. The Morgan fingerprint density at radius 1 is 1.12 bits per heavy atom. The number of benzene rings is 1. The van der Waals surface area contributed by atoms with Crippen molar-refractivity contribution in [2.45, 2.75) is 6.10 Å². The summed E-state index contributed by atoms with van der Waals surface area (Å²) in [5.41, 5.74) is 2.12. The Morgan fingerprint density at radius 3 is 2.68 bits per heavy atom. The van der Waals surface area contributed by atoms with Crippen LogP contribution in [0.2, 0.25) is 0 Å². The van der Waals surface area contributed by atoms with Gasteiger partial charge in [0.2, 0.25) is 0 Å². The zero-order chi connectivity index (χ0) is 17.2. The number of rotatable bonds is 4. The molecule has 7 heteroatoms. The summed E-state index contributed by atoms with van der Waals surface area (Å²) in [5.74, 6) is 0.179. The summed E-state index contributed by atoms with van der Waals surface area (Å²) in [5, 5.41) is 17.5. The molecule has 3 heterocycles. The second-order valence-electron chi connectivity index (χ2n) is 5.42. The van der Waals surface area contributed by atoms with Gasteiger partial charge in [0, 0.05) is 22.8 Å². The van der Waals surface area contributed by atoms with Gasteiger partial charge in [0.25, 0.3) is 0 Å². The number of thiophene rings is 1. The van der Waals surface area contributed by atoms with Gasteiger partial charge in [-0.2, -0.15) is 5.10 Å². The van der Waals surface area contributed by atoms with E-state index in [-0.39, 0.29) is 5.82 Å². The zero-order valence-corrected chi connectivity index (χ0v) is 13.7. The maximum Gasteiger partial charge on any atom is 0.165 e. The Labute approximate surface area is 146 Å². The van der Waals surface area contributed by atoms with E-state index in [4.69, 9.17) is 0 Å². The summed E-state index contributed by atoms with van der Waals surface area (Å²) in [7, 11) is 0. The lowest BCUT2D eigenvalue weighted by molar-refractivity contribution is 0.221. The van der Waals surface area contributed by atoms with Crippen LogP contribution in [0.25, 0.3) is 21.1 Å². The highest BCUT2D eigenvalue weighted by atomic mass is 32.1. The van der Waals surface area contributed by atoms with Gasteiger partial charge >= 0.3 is 0 Å². The van der Waals surface area contributed by atoms with Crippen LogP contribution in [-0.4, -0.2) is 25.3 Å². The summed E-state index contributed by atoms with van der Waals surface area (Å²) < 4.78 is 13.5. The molecule has 0 saturated heterocycles. The summed E-state index contributed by atoms with van der Waals surface area (Å²) in [6, 6.07) is 11.7.